The molecule has 0 unspecified atom stereocenters. The molecule has 4 rings (SSSR count). The Hall–Kier alpha value is -3.15. The lowest BCUT2D eigenvalue weighted by Crippen LogP contribution is -2.43. The molecule has 2 aromatic carbocycles. The van der Waals surface area contributed by atoms with Crippen molar-refractivity contribution in [3.05, 3.63) is 65.2 Å². The van der Waals surface area contributed by atoms with Crippen molar-refractivity contribution in [2.24, 2.45) is 0 Å². The minimum absolute atomic E-state index is 0.128. The molecule has 1 saturated heterocycles. The maximum atomic E-state index is 13.0. The van der Waals surface area contributed by atoms with Crippen LogP contribution in [0.4, 0.5) is 10.5 Å². The molecule has 0 spiro atoms. The molecule has 1 N–H and O–H groups in total. The highest BCUT2D eigenvalue weighted by atomic mass is 16.2. The van der Waals surface area contributed by atoms with Gasteiger partial charge in [-0.05, 0) is 43.2 Å². The molecule has 4 amide bonds. The van der Waals surface area contributed by atoms with Crippen LogP contribution in [0.5, 0.6) is 0 Å². The number of rotatable bonds is 3. The lowest BCUT2D eigenvalue weighted by molar-refractivity contribution is -0.123. The number of urea groups is 1. The van der Waals surface area contributed by atoms with Gasteiger partial charge in [-0.15, -0.1) is 0 Å². The van der Waals surface area contributed by atoms with Crippen LogP contribution in [0, 0.1) is 0 Å². The van der Waals surface area contributed by atoms with Gasteiger partial charge >= 0.3 is 6.03 Å². The van der Waals surface area contributed by atoms with E-state index < -0.39 is 5.54 Å². The van der Waals surface area contributed by atoms with E-state index in [1.807, 2.05) is 30.3 Å². The minimum atomic E-state index is -0.944. The normalized spacial score (nSPS) is 18.3. The Kier molecular flexibility index (Phi) is 3.57. The number of anilines is 1. The number of nitrogens with zero attached hydrogens (tertiary/aromatic N) is 2. The van der Waals surface area contributed by atoms with E-state index in [9.17, 15) is 14.4 Å². The lowest BCUT2D eigenvalue weighted by Gasteiger charge is -2.27. The number of hydrogen-bond acceptors (Lipinski definition) is 3. The summed E-state index contributed by atoms with van der Waals surface area (Å²) in [6, 6.07) is 14.3. The topological polar surface area (TPSA) is 69.7 Å². The average Bonchev–Trinajstić information content (AvgIpc) is 3.07. The third-order valence-corrected chi connectivity index (χ3v) is 5.04. The van der Waals surface area contributed by atoms with Crippen molar-refractivity contribution in [1.29, 1.82) is 0 Å². The van der Waals surface area contributed by atoms with Crippen LogP contribution in [0.2, 0.25) is 0 Å². The standard InChI is InChI=1S/C20H19N3O3/c1-20(2)18(25)23(15-8-9-16-14(10-15)11-21-17(16)24)19(26)22(20)12-13-6-4-3-5-7-13/h3-10H,11-12H2,1-2H3,(H,21,24). The van der Waals surface area contributed by atoms with E-state index in [1.54, 1.807) is 36.9 Å². The number of hydrogen-bond donors (Lipinski definition) is 1. The van der Waals surface area contributed by atoms with Crippen LogP contribution < -0.4 is 10.2 Å². The number of nitrogens with one attached hydrogen (secondary N) is 1. The smallest absolute Gasteiger partial charge is 0.332 e. The Labute approximate surface area is 151 Å². The molecule has 2 aromatic rings. The summed E-state index contributed by atoms with van der Waals surface area (Å²) >= 11 is 0. The first-order valence-corrected chi connectivity index (χ1v) is 8.51. The Morgan fingerprint density at radius 2 is 1.77 bits per heavy atom. The van der Waals surface area contributed by atoms with E-state index in [-0.39, 0.29) is 17.8 Å². The minimum Gasteiger partial charge on any atom is -0.348 e. The SMILES string of the molecule is CC1(C)C(=O)N(c2ccc3c(c2)CNC3=O)C(=O)N1Cc1ccccc1. The monoisotopic (exact) mass is 349 g/mol. The number of imide groups is 1. The predicted molar refractivity (Wildman–Crippen MR) is 96.6 cm³/mol. The van der Waals surface area contributed by atoms with Crippen molar-refractivity contribution >= 4 is 23.5 Å². The van der Waals surface area contributed by atoms with Crippen molar-refractivity contribution < 1.29 is 14.4 Å². The van der Waals surface area contributed by atoms with E-state index >= 15 is 0 Å². The fraction of sp³-hybridized carbons (Fsp3) is 0.250. The van der Waals surface area contributed by atoms with E-state index in [0.29, 0.717) is 24.3 Å². The average molecular weight is 349 g/mol. The molecule has 0 atom stereocenters. The molecule has 26 heavy (non-hydrogen) atoms. The maximum Gasteiger partial charge on any atom is 0.332 e. The van der Waals surface area contributed by atoms with Gasteiger partial charge in [0.2, 0.25) is 0 Å². The van der Waals surface area contributed by atoms with Gasteiger partial charge in [0.15, 0.2) is 0 Å². The Bertz CT molecular complexity index is 921. The zero-order valence-electron chi connectivity index (χ0n) is 14.7. The van der Waals surface area contributed by atoms with E-state index in [4.69, 9.17) is 0 Å². The summed E-state index contributed by atoms with van der Waals surface area (Å²) in [7, 11) is 0. The van der Waals surface area contributed by atoms with Crippen molar-refractivity contribution in [3.8, 4) is 0 Å². The van der Waals surface area contributed by atoms with Gasteiger partial charge in [0, 0.05) is 18.7 Å². The fourth-order valence-corrected chi connectivity index (χ4v) is 3.45. The summed E-state index contributed by atoms with van der Waals surface area (Å²) in [5.41, 5.74) is 1.91. The Morgan fingerprint density at radius 3 is 2.50 bits per heavy atom. The van der Waals surface area contributed by atoms with Crippen LogP contribution in [0.1, 0.15) is 35.3 Å². The molecule has 2 aliphatic heterocycles. The van der Waals surface area contributed by atoms with Crippen molar-refractivity contribution in [1.82, 2.24) is 10.2 Å². The number of carbonyl (C=O) groups is 3. The first kappa shape index (κ1) is 16.3. The quantitative estimate of drug-likeness (QED) is 0.866. The molecule has 6 heteroatoms. The zero-order valence-corrected chi connectivity index (χ0v) is 14.7. The molecule has 6 nitrogen and oxygen atoms in total. The van der Waals surface area contributed by atoms with E-state index in [0.717, 1.165) is 11.1 Å². The van der Waals surface area contributed by atoms with Crippen LogP contribution in [0.3, 0.4) is 0 Å². The fourth-order valence-electron chi connectivity index (χ4n) is 3.45. The largest absolute Gasteiger partial charge is 0.348 e. The third-order valence-electron chi connectivity index (χ3n) is 5.04. The molecule has 0 aliphatic carbocycles. The predicted octanol–water partition coefficient (Wildman–Crippen LogP) is 2.68. The van der Waals surface area contributed by atoms with Gasteiger partial charge < -0.3 is 10.2 Å². The molecule has 1 fully saturated rings. The summed E-state index contributed by atoms with van der Waals surface area (Å²) in [6.07, 6.45) is 0. The molecule has 0 saturated carbocycles. The summed E-state index contributed by atoms with van der Waals surface area (Å²) in [6.45, 7) is 4.29. The summed E-state index contributed by atoms with van der Waals surface area (Å²) in [4.78, 5) is 40.6. The first-order valence-electron chi connectivity index (χ1n) is 8.51. The van der Waals surface area contributed by atoms with Crippen molar-refractivity contribution in [2.45, 2.75) is 32.5 Å². The van der Waals surface area contributed by atoms with Gasteiger partial charge in [-0.25, -0.2) is 9.69 Å². The van der Waals surface area contributed by atoms with E-state index in [1.165, 1.54) is 4.90 Å². The molecule has 0 bridgehead atoms. The molecular weight excluding hydrogens is 330 g/mol. The molecule has 2 aliphatic rings. The van der Waals surface area contributed by atoms with Gasteiger partial charge in [-0.3, -0.25) is 9.59 Å². The second-order valence-corrected chi connectivity index (χ2v) is 7.08. The maximum absolute atomic E-state index is 13.0. The van der Waals surface area contributed by atoms with Gasteiger partial charge in [0.05, 0.1) is 5.69 Å². The van der Waals surface area contributed by atoms with Crippen LogP contribution in [0.15, 0.2) is 48.5 Å². The van der Waals surface area contributed by atoms with Crippen LogP contribution in [-0.2, 0) is 17.9 Å². The Balaban J connectivity index is 1.69. The molecule has 2 heterocycles. The summed E-state index contributed by atoms with van der Waals surface area (Å²) < 4.78 is 0. The second kappa shape index (κ2) is 5.69. The van der Waals surface area contributed by atoms with Gasteiger partial charge in [-0.1, -0.05) is 30.3 Å². The molecular formula is C20H19N3O3. The molecule has 0 aromatic heterocycles. The summed E-state index contributed by atoms with van der Waals surface area (Å²) in [5, 5.41) is 2.75. The highest BCUT2D eigenvalue weighted by molar-refractivity contribution is 6.23. The van der Waals surface area contributed by atoms with E-state index in [2.05, 4.69) is 5.32 Å². The summed E-state index contributed by atoms with van der Waals surface area (Å²) in [5.74, 6) is -0.396. The van der Waals surface area contributed by atoms with Crippen LogP contribution in [-0.4, -0.2) is 28.3 Å². The number of carbonyl (C=O) groups excluding carboxylic acids is 3. The lowest BCUT2D eigenvalue weighted by atomic mass is 10.0. The highest BCUT2D eigenvalue weighted by Gasteiger charge is 2.51. The number of fused-ring (bicyclic) bond motifs is 1. The van der Waals surface area contributed by atoms with Crippen molar-refractivity contribution in [3.63, 3.8) is 0 Å². The van der Waals surface area contributed by atoms with Crippen molar-refractivity contribution in [2.75, 3.05) is 4.90 Å². The van der Waals surface area contributed by atoms with Crippen LogP contribution >= 0.6 is 0 Å². The number of benzene rings is 2. The Morgan fingerprint density at radius 1 is 1.04 bits per heavy atom. The van der Waals surface area contributed by atoms with Gasteiger partial charge in [0.25, 0.3) is 11.8 Å². The van der Waals surface area contributed by atoms with Gasteiger partial charge in [0.1, 0.15) is 5.54 Å². The zero-order chi connectivity index (χ0) is 18.5. The van der Waals surface area contributed by atoms with Gasteiger partial charge in [-0.2, -0.15) is 0 Å². The molecule has 0 radical (unpaired) electrons. The highest BCUT2D eigenvalue weighted by Crippen LogP contribution is 2.34. The van der Waals surface area contributed by atoms with Crippen LogP contribution in [0.25, 0.3) is 0 Å². The second-order valence-electron chi connectivity index (χ2n) is 7.08. The molecule has 132 valence electrons. The number of amides is 4. The third kappa shape index (κ3) is 2.37. The first-order chi connectivity index (χ1) is 12.4.